The number of aliphatic imine (C=N–C) groups is 1. The van der Waals surface area contributed by atoms with Crippen LogP contribution in [0.4, 0.5) is 10.2 Å². The largest absolute Gasteiger partial charge is 0.384 e. The molecule has 3 aromatic rings. The van der Waals surface area contributed by atoms with Crippen molar-refractivity contribution in [1.29, 1.82) is 0 Å². The number of unbranched alkanes of at least 4 members (excludes halogenated alkanes) is 1. The number of nitrogens with zero attached hydrogens (tertiary/aromatic N) is 4. The Bertz CT molecular complexity index is 1960. The van der Waals surface area contributed by atoms with Crippen molar-refractivity contribution in [1.82, 2.24) is 10.1 Å². The Morgan fingerprint density at radius 1 is 1.08 bits per heavy atom. The smallest absolute Gasteiger partial charge is 0.268 e. The number of aromatic nitrogens is 1. The average molecular weight is 744 g/mol. The van der Waals surface area contributed by atoms with Gasteiger partial charge in [0.25, 0.3) is 15.9 Å². The van der Waals surface area contributed by atoms with E-state index in [1.165, 1.54) is 12.1 Å². The van der Waals surface area contributed by atoms with E-state index in [2.05, 4.69) is 31.7 Å². The maximum atomic E-state index is 16.5. The highest BCUT2D eigenvalue weighted by Gasteiger charge is 2.49. The van der Waals surface area contributed by atoms with Gasteiger partial charge < -0.3 is 14.0 Å². The molecule has 1 spiro atoms. The number of amides is 1. The second-order valence-corrected chi connectivity index (χ2v) is 22.3. The van der Waals surface area contributed by atoms with Crippen LogP contribution in [0.2, 0.25) is 25.7 Å². The van der Waals surface area contributed by atoms with E-state index < -0.39 is 36.5 Å². The molecule has 5 rings (SSSR count). The Morgan fingerprint density at radius 3 is 2.49 bits per heavy atom. The van der Waals surface area contributed by atoms with Crippen molar-refractivity contribution >= 4 is 35.7 Å². The summed E-state index contributed by atoms with van der Waals surface area (Å²) in [5.74, 6) is 0.430. The number of anilines is 1. The Labute approximate surface area is 307 Å². The first-order valence-electron chi connectivity index (χ1n) is 19.4. The van der Waals surface area contributed by atoms with Gasteiger partial charge in [-0.15, -0.1) is 0 Å². The molecule has 0 radical (unpaired) electrons. The van der Waals surface area contributed by atoms with Gasteiger partial charge in [0.1, 0.15) is 29.7 Å². The van der Waals surface area contributed by atoms with Gasteiger partial charge in [-0.2, -0.15) is 0 Å². The molecule has 0 saturated heterocycles. The van der Waals surface area contributed by atoms with Crippen molar-refractivity contribution in [2.24, 2.45) is 4.99 Å². The zero-order valence-corrected chi connectivity index (χ0v) is 32.5. The van der Waals surface area contributed by atoms with E-state index in [4.69, 9.17) is 23.1 Å². The first kappa shape index (κ1) is 34.7. The minimum absolute atomic E-state index is 0.0230. The summed E-state index contributed by atoms with van der Waals surface area (Å²) in [5.41, 5.74) is 0.844. The molecule has 10 nitrogen and oxygen atoms in total. The van der Waals surface area contributed by atoms with E-state index in [9.17, 15) is 13.2 Å². The maximum absolute atomic E-state index is 16.5. The summed E-state index contributed by atoms with van der Waals surface area (Å²) in [4.78, 5) is 20.3. The van der Waals surface area contributed by atoms with Crippen LogP contribution in [0.3, 0.4) is 0 Å². The lowest BCUT2D eigenvalue weighted by Gasteiger charge is -2.25. The van der Waals surface area contributed by atoms with Gasteiger partial charge in [-0.25, -0.2) is 17.1 Å². The molecule has 0 atom stereocenters. The molecule has 13 heteroatoms. The molecule has 2 aliphatic rings. The third-order valence-electron chi connectivity index (χ3n) is 9.88. The molecule has 1 saturated carbocycles. The van der Waals surface area contributed by atoms with Crippen molar-refractivity contribution in [3.8, 4) is 11.1 Å². The van der Waals surface area contributed by atoms with Crippen molar-refractivity contribution in [2.75, 3.05) is 31.3 Å². The predicted octanol–water partition coefficient (Wildman–Crippen LogP) is 8.04. The minimum atomic E-state index is -4.41. The molecule has 1 aliphatic carbocycles. The predicted molar refractivity (Wildman–Crippen MR) is 201 cm³/mol. The summed E-state index contributed by atoms with van der Waals surface area (Å²) in [6, 6.07) is 9.94. The Balaban J connectivity index is 1.57. The summed E-state index contributed by atoms with van der Waals surface area (Å²) in [7, 11) is -8.57. The molecular formula is C38H53FN4O6SSi. The number of sulfonamides is 1. The molecule has 1 fully saturated rings. The molecule has 0 unspecified atom stereocenters. The number of hydrogen-bond acceptors (Lipinski definition) is 8. The topological polar surface area (TPSA) is 115 Å². The SMILES string of the molecule is [2H]C([2H])([2H])OCCc1cc(CN2C(=O)C3(CCCC3)N=C2CCCC)c(F)cc1-c1ccccc1S(=O)(=O)N(COCC[Si](C)(C)C)c1noc(C)c1C. The van der Waals surface area contributed by atoms with E-state index >= 15 is 4.39 Å². The third-order valence-corrected chi connectivity index (χ3v) is 13.4. The number of amidine groups is 1. The molecule has 2 heterocycles. The highest BCUT2D eigenvalue weighted by Crippen LogP contribution is 2.41. The molecule has 1 aliphatic heterocycles. The lowest BCUT2D eigenvalue weighted by molar-refractivity contribution is -0.131. The number of benzene rings is 2. The Kier molecular flexibility index (Phi) is 10.9. The number of hydrogen-bond donors (Lipinski definition) is 0. The van der Waals surface area contributed by atoms with E-state index in [0.717, 1.165) is 36.0 Å². The van der Waals surface area contributed by atoms with Crippen molar-refractivity contribution < 1.29 is 35.7 Å². The van der Waals surface area contributed by atoms with Crippen molar-refractivity contribution in [2.45, 2.75) is 115 Å². The number of methoxy groups -OCH3 is 1. The Hall–Kier alpha value is -3.39. The summed E-state index contributed by atoms with van der Waals surface area (Å²) in [5, 5.41) is 4.08. The quantitative estimate of drug-likeness (QED) is 0.0781. The summed E-state index contributed by atoms with van der Waals surface area (Å²) in [6.45, 7) is 11.8. The normalized spacial score (nSPS) is 17.2. The highest BCUT2D eigenvalue weighted by atomic mass is 32.2. The van der Waals surface area contributed by atoms with Gasteiger partial charge in [0.2, 0.25) is 0 Å². The Morgan fingerprint density at radius 2 is 1.82 bits per heavy atom. The van der Waals surface area contributed by atoms with Gasteiger partial charge in [0, 0.05) is 44.8 Å². The van der Waals surface area contributed by atoms with E-state index in [1.807, 2.05) is 0 Å². The van der Waals surface area contributed by atoms with Gasteiger partial charge in [0.15, 0.2) is 5.82 Å². The fourth-order valence-electron chi connectivity index (χ4n) is 6.72. The molecule has 0 N–H and O–H groups in total. The molecular weight excluding hydrogens is 688 g/mol. The lowest BCUT2D eigenvalue weighted by Crippen LogP contribution is -2.40. The van der Waals surface area contributed by atoms with E-state index in [0.29, 0.717) is 48.6 Å². The fraction of sp³-hybridized carbons (Fsp3) is 0.553. The van der Waals surface area contributed by atoms with Gasteiger partial charge in [-0.1, -0.05) is 75.2 Å². The van der Waals surface area contributed by atoms with Gasteiger partial charge >= 0.3 is 0 Å². The lowest BCUT2D eigenvalue weighted by atomic mass is 9.94. The van der Waals surface area contributed by atoms with E-state index in [1.54, 1.807) is 43.0 Å². The first-order chi connectivity index (χ1) is 25.4. The van der Waals surface area contributed by atoms with Crippen LogP contribution in [0.5, 0.6) is 0 Å². The number of ether oxygens (including phenoxy) is 2. The summed E-state index contributed by atoms with van der Waals surface area (Å²) < 4.78 is 86.1. The van der Waals surface area contributed by atoms with Crippen molar-refractivity contribution in [3.05, 3.63) is 64.7 Å². The number of aryl methyl sites for hydroxylation is 1. The fourth-order valence-corrected chi connectivity index (χ4v) is 9.03. The second kappa shape index (κ2) is 16.1. The van der Waals surface area contributed by atoms with Crippen LogP contribution in [0.15, 0.2) is 50.8 Å². The summed E-state index contributed by atoms with van der Waals surface area (Å²) in [6.07, 6.45) is 5.49. The van der Waals surface area contributed by atoms with Gasteiger partial charge in [-0.05, 0) is 68.8 Å². The van der Waals surface area contributed by atoms with Crippen LogP contribution in [0.1, 0.15) is 78.4 Å². The van der Waals surface area contributed by atoms with Crippen LogP contribution < -0.4 is 4.31 Å². The number of carbonyl (C=O) groups excluding carboxylic acids is 1. The molecule has 51 heavy (non-hydrogen) atoms. The monoisotopic (exact) mass is 743 g/mol. The molecule has 1 aromatic heterocycles. The van der Waals surface area contributed by atoms with Crippen molar-refractivity contribution in [3.63, 3.8) is 0 Å². The van der Waals surface area contributed by atoms with Crippen LogP contribution in [0, 0.1) is 19.7 Å². The maximum Gasteiger partial charge on any atom is 0.268 e. The molecule has 2 aromatic carbocycles. The number of halogens is 1. The minimum Gasteiger partial charge on any atom is -0.384 e. The number of rotatable bonds is 17. The van der Waals surface area contributed by atoms with E-state index in [-0.39, 0.29) is 59.6 Å². The van der Waals surface area contributed by atoms with Crippen LogP contribution in [-0.2, 0) is 37.3 Å². The zero-order valence-electron chi connectivity index (χ0n) is 33.7. The van der Waals surface area contributed by atoms with Crippen LogP contribution in [-0.4, -0.2) is 70.8 Å². The van der Waals surface area contributed by atoms with Gasteiger partial charge in [-0.3, -0.25) is 14.7 Å². The number of carbonyl (C=O) groups is 1. The van der Waals surface area contributed by atoms with Crippen LogP contribution in [0.25, 0.3) is 11.1 Å². The summed E-state index contributed by atoms with van der Waals surface area (Å²) >= 11 is 0. The first-order valence-corrected chi connectivity index (χ1v) is 23.0. The molecule has 1 amide bonds. The molecule has 278 valence electrons. The van der Waals surface area contributed by atoms with Crippen LogP contribution >= 0.6 is 0 Å². The molecule has 0 bridgehead atoms. The van der Waals surface area contributed by atoms with Gasteiger partial charge in [0.05, 0.1) is 22.2 Å². The standard InChI is InChI=1S/C38H53FN4O6SSi/c1-8-9-16-35-40-38(18-12-13-19-38)37(44)42(35)25-30-23-29(17-20-47-4)32(24-33(30)39)31-14-10-11-15-34(31)50(45,46)43(26-48-21-22-51(5,6)7)36-27(2)28(3)49-41-36/h10-11,14-15,23-24H,8-9,12-13,16-22,25-26H2,1-7H3/i4D3. The third kappa shape index (κ3) is 8.47. The highest BCUT2D eigenvalue weighted by molar-refractivity contribution is 7.93. The average Bonchev–Trinajstić information content (AvgIpc) is 3.78. The second-order valence-electron chi connectivity index (χ2n) is 14.8. The zero-order chi connectivity index (χ0) is 39.5.